The third-order valence-corrected chi connectivity index (χ3v) is 5.76. The normalized spacial score (nSPS) is 11.1. The van der Waals surface area contributed by atoms with Gasteiger partial charge in [0, 0.05) is 24.2 Å². The topological polar surface area (TPSA) is 59.8 Å². The number of thiazole rings is 1. The van der Waals surface area contributed by atoms with Gasteiger partial charge in [-0.05, 0) is 42.3 Å². The maximum atomic E-state index is 12.6. The van der Waals surface area contributed by atoms with Crippen LogP contribution in [0.25, 0.3) is 11.0 Å². The number of rotatable bonds is 5. The molecule has 0 aliphatic heterocycles. The molecule has 0 radical (unpaired) electrons. The zero-order valence-corrected chi connectivity index (χ0v) is 16.4. The second-order valence-electron chi connectivity index (χ2n) is 6.35. The van der Waals surface area contributed by atoms with Gasteiger partial charge in [0.2, 0.25) is 0 Å². The minimum atomic E-state index is 0.0110. The van der Waals surface area contributed by atoms with E-state index in [1.165, 1.54) is 11.3 Å². The third kappa shape index (κ3) is 3.59. The molecule has 0 saturated carbocycles. The van der Waals surface area contributed by atoms with Crippen LogP contribution in [0, 0.1) is 6.92 Å². The summed E-state index contributed by atoms with van der Waals surface area (Å²) < 4.78 is 1.97. The molecular formula is C20H17ClN4OS. The SMILES string of the molecule is Cc1cccc(Cl)c1CC(=O)c1cnc(Nc2ccc3c(c2)ncn3C)s1. The van der Waals surface area contributed by atoms with Gasteiger partial charge in [0.05, 0.1) is 28.4 Å². The highest BCUT2D eigenvalue weighted by Gasteiger charge is 2.15. The van der Waals surface area contributed by atoms with Gasteiger partial charge in [0.1, 0.15) is 0 Å². The molecule has 0 aliphatic carbocycles. The van der Waals surface area contributed by atoms with Gasteiger partial charge in [-0.1, -0.05) is 35.1 Å². The van der Waals surface area contributed by atoms with Gasteiger partial charge in [-0.15, -0.1) is 0 Å². The number of carbonyl (C=O) groups is 1. The van der Waals surface area contributed by atoms with Gasteiger partial charge in [-0.25, -0.2) is 9.97 Å². The summed E-state index contributed by atoms with van der Waals surface area (Å²) in [4.78, 5) is 21.9. The smallest absolute Gasteiger partial charge is 0.187 e. The molecule has 1 N–H and O–H groups in total. The number of hydrogen-bond acceptors (Lipinski definition) is 5. The van der Waals surface area contributed by atoms with E-state index in [9.17, 15) is 4.79 Å². The number of halogens is 1. The molecule has 0 fully saturated rings. The van der Waals surface area contributed by atoms with Crippen molar-refractivity contribution in [1.29, 1.82) is 0 Å². The summed E-state index contributed by atoms with van der Waals surface area (Å²) in [6.07, 6.45) is 3.67. The van der Waals surface area contributed by atoms with Crippen molar-refractivity contribution < 1.29 is 4.79 Å². The van der Waals surface area contributed by atoms with E-state index in [1.54, 1.807) is 12.5 Å². The van der Waals surface area contributed by atoms with Crippen LogP contribution in [0.1, 0.15) is 20.8 Å². The molecule has 0 spiro atoms. The summed E-state index contributed by atoms with van der Waals surface area (Å²) >= 11 is 7.58. The Hall–Kier alpha value is -2.70. The van der Waals surface area contributed by atoms with Crippen molar-refractivity contribution in [2.45, 2.75) is 13.3 Å². The van der Waals surface area contributed by atoms with Crippen molar-refractivity contribution >= 4 is 50.6 Å². The van der Waals surface area contributed by atoms with Gasteiger partial charge in [-0.3, -0.25) is 4.79 Å². The number of carbonyl (C=O) groups excluding carboxylic acids is 1. The number of Topliss-reactive ketones (excluding diaryl/α,β-unsaturated/α-hetero) is 1. The second kappa shape index (κ2) is 7.13. The number of ketones is 1. The molecule has 0 saturated heterocycles. The zero-order valence-electron chi connectivity index (χ0n) is 14.9. The predicted octanol–water partition coefficient (Wildman–Crippen LogP) is 5.16. The molecule has 27 heavy (non-hydrogen) atoms. The number of aromatic nitrogens is 3. The molecule has 0 aliphatic rings. The van der Waals surface area contributed by atoms with Gasteiger partial charge in [0.15, 0.2) is 10.9 Å². The van der Waals surface area contributed by atoms with Crippen LogP contribution in [-0.4, -0.2) is 20.3 Å². The zero-order chi connectivity index (χ0) is 19.0. The number of nitrogens with one attached hydrogen (secondary N) is 1. The van der Waals surface area contributed by atoms with E-state index in [-0.39, 0.29) is 12.2 Å². The fraction of sp³-hybridized carbons (Fsp3) is 0.150. The Morgan fingerprint density at radius 2 is 2.11 bits per heavy atom. The van der Waals surface area contributed by atoms with Gasteiger partial charge in [0.25, 0.3) is 0 Å². The lowest BCUT2D eigenvalue weighted by atomic mass is 10.0. The first-order valence-electron chi connectivity index (χ1n) is 8.42. The van der Waals surface area contributed by atoms with E-state index in [4.69, 9.17) is 11.6 Å². The van der Waals surface area contributed by atoms with Crippen molar-refractivity contribution in [2.75, 3.05) is 5.32 Å². The second-order valence-corrected chi connectivity index (χ2v) is 7.79. The molecule has 7 heteroatoms. The van der Waals surface area contributed by atoms with Crippen molar-refractivity contribution in [2.24, 2.45) is 7.05 Å². The molecule has 0 unspecified atom stereocenters. The quantitative estimate of drug-likeness (QED) is 0.473. The van der Waals surface area contributed by atoms with Gasteiger partial charge >= 0.3 is 0 Å². The largest absolute Gasteiger partial charge is 0.334 e. The Kier molecular flexibility index (Phi) is 4.68. The molecule has 0 bridgehead atoms. The van der Waals surface area contributed by atoms with E-state index in [1.807, 2.05) is 54.9 Å². The summed E-state index contributed by atoms with van der Waals surface area (Å²) in [5.74, 6) is 0.0110. The van der Waals surface area contributed by atoms with Crippen LogP contribution in [-0.2, 0) is 13.5 Å². The van der Waals surface area contributed by atoms with Crippen LogP contribution in [0.2, 0.25) is 5.02 Å². The fourth-order valence-corrected chi connectivity index (χ4v) is 4.00. The highest BCUT2D eigenvalue weighted by atomic mass is 35.5. The van der Waals surface area contributed by atoms with E-state index in [0.717, 1.165) is 27.8 Å². The Morgan fingerprint density at radius 3 is 2.93 bits per heavy atom. The number of benzene rings is 2. The molecule has 5 nitrogen and oxygen atoms in total. The molecule has 2 heterocycles. The average molecular weight is 397 g/mol. The number of hydrogen-bond donors (Lipinski definition) is 1. The lowest BCUT2D eigenvalue weighted by Crippen LogP contribution is -2.03. The molecule has 2 aromatic carbocycles. The molecule has 0 amide bonds. The highest BCUT2D eigenvalue weighted by molar-refractivity contribution is 7.17. The van der Waals surface area contributed by atoms with Crippen LogP contribution < -0.4 is 5.32 Å². The van der Waals surface area contributed by atoms with Crippen molar-refractivity contribution in [3.8, 4) is 0 Å². The maximum Gasteiger partial charge on any atom is 0.187 e. The number of nitrogens with zero attached hydrogens (tertiary/aromatic N) is 3. The van der Waals surface area contributed by atoms with E-state index < -0.39 is 0 Å². The molecule has 2 aromatic heterocycles. The Bertz CT molecular complexity index is 1130. The third-order valence-electron chi connectivity index (χ3n) is 4.45. The Labute approximate surface area is 165 Å². The first-order chi connectivity index (χ1) is 13.0. The van der Waals surface area contributed by atoms with Crippen molar-refractivity contribution in [1.82, 2.24) is 14.5 Å². The van der Waals surface area contributed by atoms with E-state index in [0.29, 0.717) is 15.0 Å². The average Bonchev–Trinajstić information content (AvgIpc) is 3.25. The fourth-order valence-electron chi connectivity index (χ4n) is 2.94. The monoisotopic (exact) mass is 396 g/mol. The molecule has 136 valence electrons. The number of fused-ring (bicyclic) bond motifs is 1. The maximum absolute atomic E-state index is 12.6. The molecule has 4 rings (SSSR count). The van der Waals surface area contributed by atoms with Crippen LogP contribution >= 0.6 is 22.9 Å². The van der Waals surface area contributed by atoms with Crippen LogP contribution in [0.3, 0.4) is 0 Å². The van der Waals surface area contributed by atoms with Crippen LogP contribution in [0.4, 0.5) is 10.8 Å². The van der Waals surface area contributed by atoms with Crippen molar-refractivity contribution in [3.63, 3.8) is 0 Å². The first kappa shape index (κ1) is 17.7. The highest BCUT2D eigenvalue weighted by Crippen LogP contribution is 2.27. The number of imidazole rings is 1. The van der Waals surface area contributed by atoms with Gasteiger partial charge in [-0.2, -0.15) is 0 Å². The van der Waals surface area contributed by atoms with Crippen molar-refractivity contribution in [3.05, 3.63) is 69.9 Å². The predicted molar refractivity (Wildman–Crippen MR) is 110 cm³/mol. The van der Waals surface area contributed by atoms with E-state index >= 15 is 0 Å². The number of aryl methyl sites for hydroxylation is 2. The minimum absolute atomic E-state index is 0.0110. The Balaban J connectivity index is 1.51. The lowest BCUT2D eigenvalue weighted by molar-refractivity contribution is 0.0996. The lowest BCUT2D eigenvalue weighted by Gasteiger charge is -2.06. The summed E-state index contributed by atoms with van der Waals surface area (Å²) in [6.45, 7) is 1.96. The standard InChI is InChI=1S/C20H17ClN4OS/c1-12-4-3-5-15(21)14(12)9-18(26)19-10-22-20(27-19)24-13-6-7-17-16(8-13)23-11-25(17)2/h3-8,10-11H,9H2,1-2H3,(H,22,24). The summed E-state index contributed by atoms with van der Waals surface area (Å²) in [5.41, 5.74) is 4.74. The molecule has 4 aromatic rings. The summed E-state index contributed by atoms with van der Waals surface area (Å²) in [7, 11) is 1.96. The Morgan fingerprint density at radius 1 is 1.26 bits per heavy atom. The summed E-state index contributed by atoms with van der Waals surface area (Å²) in [5, 5.41) is 4.54. The molecular weight excluding hydrogens is 380 g/mol. The van der Waals surface area contributed by atoms with Crippen LogP contribution in [0.5, 0.6) is 0 Å². The number of anilines is 2. The minimum Gasteiger partial charge on any atom is -0.334 e. The molecule has 0 atom stereocenters. The summed E-state index contributed by atoms with van der Waals surface area (Å²) in [6, 6.07) is 11.6. The first-order valence-corrected chi connectivity index (χ1v) is 9.62. The van der Waals surface area contributed by atoms with Crippen LogP contribution in [0.15, 0.2) is 48.9 Å². The van der Waals surface area contributed by atoms with Gasteiger partial charge < -0.3 is 9.88 Å². The van der Waals surface area contributed by atoms with E-state index in [2.05, 4.69) is 15.3 Å².